The van der Waals surface area contributed by atoms with Crippen molar-refractivity contribution in [3.05, 3.63) is 22.5 Å². The highest BCUT2D eigenvalue weighted by Crippen LogP contribution is 2.31. The second kappa shape index (κ2) is 6.76. The van der Waals surface area contributed by atoms with Gasteiger partial charge >= 0.3 is 0 Å². The Morgan fingerprint density at radius 1 is 1.43 bits per heavy atom. The fourth-order valence-corrected chi connectivity index (χ4v) is 2.56. The summed E-state index contributed by atoms with van der Waals surface area (Å²) in [6, 6.07) is 1.78. The molecule has 1 fully saturated rings. The molecule has 2 rings (SSSR count). The molecule has 1 aliphatic heterocycles. The maximum absolute atomic E-state index is 10.1. The number of aliphatic hydroxyl groups excluding tert-OH is 3. The molecule has 0 bridgehead atoms. The van der Waals surface area contributed by atoms with Crippen molar-refractivity contribution in [3.63, 3.8) is 0 Å². The first-order valence-electron chi connectivity index (χ1n) is 6.88. The molecule has 0 spiro atoms. The second-order valence-electron chi connectivity index (χ2n) is 4.99. The van der Waals surface area contributed by atoms with E-state index in [-0.39, 0.29) is 6.61 Å². The molecule has 1 aromatic heterocycles. The summed E-state index contributed by atoms with van der Waals surface area (Å²) in [6.07, 6.45) is 0.401. The van der Waals surface area contributed by atoms with Crippen molar-refractivity contribution < 1.29 is 20.1 Å². The molecule has 6 nitrogen and oxygen atoms in total. The van der Waals surface area contributed by atoms with Crippen LogP contribution in [0.15, 0.2) is 17.3 Å². The number of hydrogen-bond donors (Lipinski definition) is 3. The van der Waals surface area contributed by atoms with E-state index in [2.05, 4.69) is 4.99 Å². The topological polar surface area (TPSA) is 87.2 Å². The number of aromatic nitrogens is 1. The van der Waals surface area contributed by atoms with E-state index in [4.69, 9.17) is 22.1 Å². The Bertz CT molecular complexity index is 587. The summed E-state index contributed by atoms with van der Waals surface area (Å²) >= 11 is 5.39. The molecule has 21 heavy (non-hydrogen) atoms. The molecule has 0 saturated carbocycles. The molecule has 0 aromatic carbocycles. The molecule has 1 saturated heterocycles. The van der Waals surface area contributed by atoms with Gasteiger partial charge in [-0.15, -0.1) is 0 Å². The number of hydrogen-bond acceptors (Lipinski definition) is 6. The normalized spacial score (nSPS) is 29.4. The minimum atomic E-state index is -1.14. The Morgan fingerprint density at radius 3 is 2.71 bits per heavy atom. The van der Waals surface area contributed by atoms with Gasteiger partial charge in [0.25, 0.3) is 0 Å². The molecular formula is C14H20N2O4S. The van der Waals surface area contributed by atoms with E-state index in [1.165, 1.54) is 0 Å². The fourth-order valence-electron chi connectivity index (χ4n) is 2.29. The van der Waals surface area contributed by atoms with E-state index in [9.17, 15) is 10.2 Å². The molecule has 1 aromatic rings. The average molecular weight is 312 g/mol. The first-order chi connectivity index (χ1) is 10.0. The molecule has 4 unspecified atom stereocenters. The zero-order chi connectivity index (χ0) is 15.6. The van der Waals surface area contributed by atoms with E-state index in [0.717, 1.165) is 17.7 Å². The Labute approximate surface area is 128 Å². The highest BCUT2D eigenvalue weighted by Gasteiger charge is 2.43. The van der Waals surface area contributed by atoms with E-state index >= 15 is 0 Å². The summed E-state index contributed by atoms with van der Waals surface area (Å²) in [6.45, 7) is 3.48. The third kappa shape index (κ3) is 3.07. The smallest absolute Gasteiger partial charge is 0.163 e. The minimum Gasteiger partial charge on any atom is -0.394 e. The van der Waals surface area contributed by atoms with Crippen LogP contribution in [0.4, 0.5) is 5.69 Å². The van der Waals surface area contributed by atoms with Gasteiger partial charge in [0.05, 0.1) is 12.3 Å². The van der Waals surface area contributed by atoms with Crippen LogP contribution in [0, 0.1) is 11.6 Å². The van der Waals surface area contributed by atoms with Crippen LogP contribution in [-0.2, 0) is 4.74 Å². The van der Waals surface area contributed by atoms with Gasteiger partial charge in [-0.05, 0) is 19.4 Å². The molecule has 3 N–H and O–H groups in total. The summed E-state index contributed by atoms with van der Waals surface area (Å²) in [5.74, 6) is 0. The van der Waals surface area contributed by atoms with Crippen molar-refractivity contribution in [2.45, 2.75) is 44.8 Å². The zero-order valence-corrected chi connectivity index (χ0v) is 12.8. The lowest BCUT2D eigenvalue weighted by atomic mass is 10.1. The van der Waals surface area contributed by atoms with Crippen molar-refractivity contribution in [2.75, 3.05) is 6.61 Å². The van der Waals surface area contributed by atoms with Crippen molar-refractivity contribution in [1.29, 1.82) is 0 Å². The summed E-state index contributed by atoms with van der Waals surface area (Å²) in [7, 11) is 0. The Morgan fingerprint density at radius 2 is 2.14 bits per heavy atom. The van der Waals surface area contributed by atoms with Crippen molar-refractivity contribution in [1.82, 2.24) is 4.57 Å². The Hall–Kier alpha value is -1.12. The van der Waals surface area contributed by atoms with Crippen LogP contribution in [-0.4, -0.2) is 51.0 Å². The van der Waals surface area contributed by atoms with Gasteiger partial charge in [-0.2, -0.15) is 0 Å². The number of nitrogens with zero attached hydrogens (tertiary/aromatic N) is 2. The first-order valence-corrected chi connectivity index (χ1v) is 7.28. The van der Waals surface area contributed by atoms with Crippen LogP contribution in [0.2, 0.25) is 0 Å². The van der Waals surface area contributed by atoms with Gasteiger partial charge in [-0.25, -0.2) is 0 Å². The van der Waals surface area contributed by atoms with E-state index in [0.29, 0.717) is 4.64 Å². The number of ether oxygens (including phenoxy) is 1. The molecule has 0 radical (unpaired) electrons. The lowest BCUT2D eigenvalue weighted by Crippen LogP contribution is -2.33. The zero-order valence-electron chi connectivity index (χ0n) is 12.0. The predicted octanol–water partition coefficient (Wildman–Crippen LogP) is 1.25. The lowest BCUT2D eigenvalue weighted by molar-refractivity contribution is -0.0536. The van der Waals surface area contributed by atoms with Crippen LogP contribution in [0.1, 0.15) is 25.1 Å². The lowest BCUT2D eigenvalue weighted by Gasteiger charge is -2.20. The third-order valence-corrected chi connectivity index (χ3v) is 4.05. The molecule has 1 aliphatic rings. The highest BCUT2D eigenvalue weighted by molar-refractivity contribution is 7.71. The highest BCUT2D eigenvalue weighted by atomic mass is 32.1. The fraction of sp³-hybridized carbons (Fsp3) is 0.571. The maximum Gasteiger partial charge on any atom is 0.163 e. The van der Waals surface area contributed by atoms with Crippen LogP contribution < -0.4 is 0 Å². The van der Waals surface area contributed by atoms with Gasteiger partial charge in [0.2, 0.25) is 0 Å². The summed E-state index contributed by atoms with van der Waals surface area (Å²) in [5.41, 5.74) is 1.57. The summed E-state index contributed by atoms with van der Waals surface area (Å²) in [4.78, 5) is 4.32. The molecule has 7 heteroatoms. The number of rotatable bonds is 4. The summed E-state index contributed by atoms with van der Waals surface area (Å²) < 4.78 is 7.55. The van der Waals surface area contributed by atoms with Gasteiger partial charge in [-0.3, -0.25) is 4.99 Å². The van der Waals surface area contributed by atoms with Crippen molar-refractivity contribution in [3.8, 4) is 0 Å². The van der Waals surface area contributed by atoms with Gasteiger partial charge in [0.15, 0.2) is 6.23 Å². The van der Waals surface area contributed by atoms with Crippen molar-refractivity contribution in [2.24, 2.45) is 4.99 Å². The Balaban J connectivity index is 2.36. The third-order valence-electron chi connectivity index (χ3n) is 3.54. The van der Waals surface area contributed by atoms with Crippen LogP contribution in [0.3, 0.4) is 0 Å². The monoisotopic (exact) mass is 312 g/mol. The molecular weight excluding hydrogens is 292 g/mol. The average Bonchev–Trinajstić information content (AvgIpc) is 2.77. The molecule has 2 heterocycles. The van der Waals surface area contributed by atoms with E-state index < -0.39 is 24.5 Å². The largest absolute Gasteiger partial charge is 0.394 e. The maximum atomic E-state index is 10.1. The summed E-state index contributed by atoms with van der Waals surface area (Å²) in [5, 5.41) is 29.0. The number of aliphatic imine (C=N–C) groups is 1. The molecule has 0 aliphatic carbocycles. The van der Waals surface area contributed by atoms with E-state index in [1.54, 1.807) is 23.0 Å². The first kappa shape index (κ1) is 16.3. The number of pyridine rings is 1. The second-order valence-corrected chi connectivity index (χ2v) is 5.37. The number of aliphatic hydroxyl groups is 3. The Kier molecular flexibility index (Phi) is 5.23. The van der Waals surface area contributed by atoms with Crippen LogP contribution in [0.5, 0.6) is 0 Å². The molecule has 0 amide bonds. The van der Waals surface area contributed by atoms with Crippen LogP contribution in [0.25, 0.3) is 0 Å². The molecule has 116 valence electrons. The predicted molar refractivity (Wildman–Crippen MR) is 81.5 cm³/mol. The van der Waals surface area contributed by atoms with Crippen molar-refractivity contribution >= 4 is 24.1 Å². The van der Waals surface area contributed by atoms with E-state index in [1.807, 2.05) is 13.8 Å². The quantitative estimate of drug-likeness (QED) is 0.575. The van der Waals surface area contributed by atoms with Crippen LogP contribution >= 0.6 is 12.2 Å². The van der Waals surface area contributed by atoms with Gasteiger partial charge in [0, 0.05) is 18.0 Å². The minimum absolute atomic E-state index is 0.361. The molecule has 4 atom stereocenters. The van der Waals surface area contributed by atoms with Gasteiger partial charge in [-0.1, -0.05) is 19.1 Å². The van der Waals surface area contributed by atoms with Gasteiger partial charge < -0.3 is 24.6 Å². The van der Waals surface area contributed by atoms with Gasteiger partial charge in [0.1, 0.15) is 23.0 Å². The SMILES string of the molecule is CC/C=N\c1ccn(C2OC(CO)C(O)C2O)c(=S)c1C. The standard InChI is InChI=1S/C14H20N2O4S/c1-3-5-15-9-4-6-16(14(21)8(9)2)13-12(19)11(18)10(7-17)20-13/h4-6,10-13,17-19H,3,7H2,1-2H3/b15-5-.